The smallest absolute Gasteiger partial charge is 0.256 e. The van der Waals surface area contributed by atoms with Crippen molar-refractivity contribution < 1.29 is 9.47 Å². The second-order valence-electron chi connectivity index (χ2n) is 7.03. The zero-order valence-corrected chi connectivity index (χ0v) is 16.2. The molecule has 0 aromatic carbocycles. The van der Waals surface area contributed by atoms with Crippen LogP contribution < -0.4 is 9.47 Å². The lowest BCUT2D eigenvalue weighted by molar-refractivity contribution is 0.235. The summed E-state index contributed by atoms with van der Waals surface area (Å²) >= 11 is 0. The molecule has 6 heteroatoms. The maximum Gasteiger partial charge on any atom is 0.256 e. The minimum Gasteiger partial charge on any atom is -0.488 e. The molecule has 26 heavy (non-hydrogen) atoms. The Kier molecular flexibility index (Phi) is 6.04. The molecule has 6 nitrogen and oxygen atoms in total. The van der Waals surface area contributed by atoms with Gasteiger partial charge in [0.15, 0.2) is 5.75 Å². The number of likely N-dealkylation sites (tertiary alicyclic amines) is 1. The first-order chi connectivity index (χ1) is 12.6. The van der Waals surface area contributed by atoms with Crippen LogP contribution in [0.15, 0.2) is 18.3 Å². The van der Waals surface area contributed by atoms with Crippen molar-refractivity contribution in [2.24, 2.45) is 5.92 Å². The van der Waals surface area contributed by atoms with E-state index in [0.29, 0.717) is 30.6 Å². The van der Waals surface area contributed by atoms with E-state index < -0.39 is 0 Å². The SMILES string of the molecule is CCc1cc(C)nc(Cc2cnc(OC)c(OC[C@@H]3CCN(C)C3)c2)n1. The number of hydrogen-bond donors (Lipinski definition) is 0. The molecule has 0 N–H and O–H groups in total. The molecule has 0 bridgehead atoms. The van der Waals surface area contributed by atoms with Crippen LogP contribution in [0.25, 0.3) is 0 Å². The lowest BCUT2D eigenvalue weighted by Crippen LogP contribution is -2.18. The molecule has 1 aliphatic heterocycles. The van der Waals surface area contributed by atoms with Gasteiger partial charge in [0.1, 0.15) is 5.82 Å². The lowest BCUT2D eigenvalue weighted by Gasteiger charge is -2.15. The van der Waals surface area contributed by atoms with Gasteiger partial charge in [-0.1, -0.05) is 6.92 Å². The second-order valence-corrected chi connectivity index (χ2v) is 7.03. The van der Waals surface area contributed by atoms with E-state index in [1.165, 1.54) is 6.42 Å². The first kappa shape index (κ1) is 18.6. The normalized spacial score (nSPS) is 17.5. The van der Waals surface area contributed by atoms with Gasteiger partial charge in [0.05, 0.1) is 13.7 Å². The van der Waals surface area contributed by atoms with Crippen LogP contribution in [0.5, 0.6) is 11.6 Å². The van der Waals surface area contributed by atoms with Gasteiger partial charge in [-0.2, -0.15) is 0 Å². The van der Waals surface area contributed by atoms with E-state index in [0.717, 1.165) is 42.3 Å². The summed E-state index contributed by atoms with van der Waals surface area (Å²) in [6.45, 7) is 7.00. The molecule has 0 saturated carbocycles. The van der Waals surface area contributed by atoms with Crippen LogP contribution in [0.4, 0.5) is 0 Å². The Labute approximate surface area is 155 Å². The van der Waals surface area contributed by atoms with E-state index in [2.05, 4.69) is 33.8 Å². The molecule has 2 aromatic rings. The van der Waals surface area contributed by atoms with Gasteiger partial charge in [-0.05, 0) is 51.1 Å². The number of aryl methyl sites for hydroxylation is 2. The van der Waals surface area contributed by atoms with Crippen LogP contribution in [0.1, 0.15) is 36.1 Å². The standard InChI is InChI=1S/C20H28N4O2/c1-5-17-8-14(2)22-19(23-17)10-16-9-18(20(25-4)21-11-16)26-13-15-6-7-24(3)12-15/h8-9,11,15H,5-7,10,12-13H2,1-4H3/t15-/m1/s1. The van der Waals surface area contributed by atoms with Crippen LogP contribution in [-0.4, -0.2) is 53.7 Å². The van der Waals surface area contributed by atoms with Gasteiger partial charge in [0, 0.05) is 36.5 Å². The van der Waals surface area contributed by atoms with Crippen molar-refractivity contribution >= 4 is 0 Å². The molecule has 0 amide bonds. The summed E-state index contributed by atoms with van der Waals surface area (Å²) in [5.41, 5.74) is 3.09. The monoisotopic (exact) mass is 356 g/mol. The first-order valence-corrected chi connectivity index (χ1v) is 9.25. The van der Waals surface area contributed by atoms with Gasteiger partial charge >= 0.3 is 0 Å². The summed E-state index contributed by atoms with van der Waals surface area (Å²) in [5, 5.41) is 0. The van der Waals surface area contributed by atoms with Crippen molar-refractivity contribution in [3.05, 3.63) is 41.1 Å². The summed E-state index contributed by atoms with van der Waals surface area (Å²) in [4.78, 5) is 15.9. The largest absolute Gasteiger partial charge is 0.488 e. The Morgan fingerprint density at radius 3 is 2.81 bits per heavy atom. The van der Waals surface area contributed by atoms with Crippen molar-refractivity contribution in [1.29, 1.82) is 0 Å². The van der Waals surface area contributed by atoms with E-state index in [1.54, 1.807) is 7.11 Å². The number of rotatable bonds is 7. The molecule has 3 rings (SSSR count). The average Bonchev–Trinajstić information content (AvgIpc) is 3.05. The summed E-state index contributed by atoms with van der Waals surface area (Å²) in [6, 6.07) is 4.03. The third-order valence-electron chi connectivity index (χ3n) is 4.71. The summed E-state index contributed by atoms with van der Waals surface area (Å²) in [5.74, 6) is 2.60. The highest BCUT2D eigenvalue weighted by molar-refractivity contribution is 5.37. The van der Waals surface area contributed by atoms with Gasteiger partial charge in [-0.15, -0.1) is 0 Å². The molecule has 2 aromatic heterocycles. The highest BCUT2D eigenvalue weighted by atomic mass is 16.5. The van der Waals surface area contributed by atoms with Crippen LogP contribution in [0.3, 0.4) is 0 Å². The summed E-state index contributed by atoms with van der Waals surface area (Å²) < 4.78 is 11.4. The molecule has 3 heterocycles. The average molecular weight is 356 g/mol. The zero-order chi connectivity index (χ0) is 18.5. The predicted molar refractivity (Wildman–Crippen MR) is 101 cm³/mol. The van der Waals surface area contributed by atoms with Crippen LogP contribution >= 0.6 is 0 Å². The van der Waals surface area contributed by atoms with Gasteiger partial charge < -0.3 is 14.4 Å². The molecular formula is C20H28N4O2. The first-order valence-electron chi connectivity index (χ1n) is 9.25. The van der Waals surface area contributed by atoms with Crippen LogP contribution in [0.2, 0.25) is 0 Å². The Morgan fingerprint density at radius 1 is 1.27 bits per heavy atom. The van der Waals surface area contributed by atoms with E-state index in [4.69, 9.17) is 9.47 Å². The Morgan fingerprint density at radius 2 is 2.12 bits per heavy atom. The lowest BCUT2D eigenvalue weighted by atomic mass is 10.1. The van der Waals surface area contributed by atoms with Crippen LogP contribution in [0, 0.1) is 12.8 Å². The maximum absolute atomic E-state index is 6.05. The number of nitrogens with zero attached hydrogens (tertiary/aromatic N) is 4. The minimum atomic E-state index is 0.527. The molecule has 0 aliphatic carbocycles. The fourth-order valence-electron chi connectivity index (χ4n) is 3.34. The Hall–Kier alpha value is -2.21. The molecule has 0 spiro atoms. The van der Waals surface area contributed by atoms with E-state index in [9.17, 15) is 0 Å². The number of pyridine rings is 1. The molecule has 140 valence electrons. The molecule has 1 fully saturated rings. The second kappa shape index (κ2) is 8.45. The van der Waals surface area contributed by atoms with E-state index >= 15 is 0 Å². The third-order valence-corrected chi connectivity index (χ3v) is 4.71. The molecule has 0 unspecified atom stereocenters. The Bertz CT molecular complexity index is 751. The molecular weight excluding hydrogens is 328 g/mol. The van der Waals surface area contributed by atoms with Crippen molar-refractivity contribution in [1.82, 2.24) is 19.9 Å². The van der Waals surface area contributed by atoms with Gasteiger partial charge in [-0.3, -0.25) is 0 Å². The van der Waals surface area contributed by atoms with Crippen molar-refractivity contribution in [3.8, 4) is 11.6 Å². The van der Waals surface area contributed by atoms with Crippen molar-refractivity contribution in [2.75, 3.05) is 33.9 Å². The molecule has 1 aliphatic rings. The zero-order valence-electron chi connectivity index (χ0n) is 16.2. The van der Waals surface area contributed by atoms with E-state index in [-0.39, 0.29) is 0 Å². The fourth-order valence-corrected chi connectivity index (χ4v) is 3.34. The fraction of sp³-hybridized carbons (Fsp3) is 0.550. The summed E-state index contributed by atoms with van der Waals surface area (Å²) in [7, 11) is 3.77. The highest BCUT2D eigenvalue weighted by Crippen LogP contribution is 2.27. The maximum atomic E-state index is 6.05. The number of methoxy groups -OCH3 is 1. The van der Waals surface area contributed by atoms with Crippen molar-refractivity contribution in [3.63, 3.8) is 0 Å². The van der Waals surface area contributed by atoms with Gasteiger partial charge in [0.25, 0.3) is 5.88 Å². The quantitative estimate of drug-likeness (QED) is 0.760. The van der Waals surface area contributed by atoms with Crippen molar-refractivity contribution in [2.45, 2.75) is 33.1 Å². The predicted octanol–water partition coefficient (Wildman–Crippen LogP) is 2.67. The molecule has 1 atom stereocenters. The molecule has 0 radical (unpaired) electrons. The van der Waals surface area contributed by atoms with Gasteiger partial charge in [-0.25, -0.2) is 15.0 Å². The minimum absolute atomic E-state index is 0.527. The van der Waals surface area contributed by atoms with Crippen LogP contribution in [-0.2, 0) is 12.8 Å². The van der Waals surface area contributed by atoms with Gasteiger partial charge in [0.2, 0.25) is 0 Å². The number of hydrogen-bond acceptors (Lipinski definition) is 6. The van der Waals surface area contributed by atoms with E-state index in [1.807, 2.05) is 25.3 Å². The number of aromatic nitrogens is 3. The summed E-state index contributed by atoms with van der Waals surface area (Å²) in [6.07, 6.45) is 4.52. The highest BCUT2D eigenvalue weighted by Gasteiger charge is 2.21. The molecule has 1 saturated heterocycles. The third kappa shape index (κ3) is 4.69. The topological polar surface area (TPSA) is 60.4 Å². The number of ether oxygens (including phenoxy) is 2. The Balaban J connectivity index is 1.73.